The zero-order chi connectivity index (χ0) is 18.8. The van der Waals surface area contributed by atoms with Crippen molar-refractivity contribution in [2.45, 2.75) is 44.9 Å². The molecule has 0 spiro atoms. The number of phenols is 1. The van der Waals surface area contributed by atoms with E-state index in [0.29, 0.717) is 18.2 Å². The van der Waals surface area contributed by atoms with Crippen LogP contribution in [0.25, 0.3) is 0 Å². The first-order valence-corrected chi connectivity index (χ1v) is 9.94. The van der Waals surface area contributed by atoms with Gasteiger partial charge >= 0.3 is 0 Å². The molecule has 5 nitrogen and oxygen atoms in total. The number of halogens is 2. The number of fused-ring (bicyclic) bond motifs is 1. The van der Waals surface area contributed by atoms with Crippen molar-refractivity contribution in [1.29, 1.82) is 0 Å². The highest BCUT2D eigenvalue weighted by Crippen LogP contribution is 2.40. The van der Waals surface area contributed by atoms with Gasteiger partial charge in [-0.3, -0.25) is 9.88 Å². The van der Waals surface area contributed by atoms with E-state index in [4.69, 9.17) is 10.5 Å². The lowest BCUT2D eigenvalue weighted by molar-refractivity contribution is -0.0651. The monoisotopic (exact) mass is 439 g/mol. The van der Waals surface area contributed by atoms with E-state index in [-0.39, 0.29) is 37.0 Å². The molecule has 4 rings (SSSR count). The molecule has 160 valence electrons. The Morgan fingerprint density at radius 1 is 1.14 bits per heavy atom. The van der Waals surface area contributed by atoms with Gasteiger partial charge in [-0.2, -0.15) is 0 Å². The number of hydrogen-bond donors (Lipinski definition) is 2. The summed E-state index contributed by atoms with van der Waals surface area (Å²) in [5, 5.41) is 10.6. The Morgan fingerprint density at radius 2 is 1.83 bits per heavy atom. The summed E-state index contributed by atoms with van der Waals surface area (Å²) in [4.78, 5) is 6.60. The Bertz CT molecular complexity index is 783. The number of pyridine rings is 1. The predicted octanol–water partition coefficient (Wildman–Crippen LogP) is 3.79. The Kier molecular flexibility index (Phi) is 8.73. The van der Waals surface area contributed by atoms with E-state index < -0.39 is 0 Å². The molecule has 1 saturated heterocycles. The number of aryl methyl sites for hydroxylation is 1. The molecule has 0 radical (unpaired) electrons. The van der Waals surface area contributed by atoms with Crippen molar-refractivity contribution in [3.8, 4) is 5.75 Å². The van der Waals surface area contributed by atoms with Crippen LogP contribution < -0.4 is 5.73 Å². The summed E-state index contributed by atoms with van der Waals surface area (Å²) in [6.45, 7) is 5.54. The van der Waals surface area contributed by atoms with E-state index in [0.717, 1.165) is 55.6 Å². The number of likely N-dealkylation sites (tertiary alicyclic amines) is 1. The van der Waals surface area contributed by atoms with Crippen LogP contribution in [0.5, 0.6) is 5.75 Å². The SMILES string of the molecule is Cc1ccc2c(c1O)C[C@@H](C1CCN(Cc3ccncc3)CC1)O[C@H]2CN.Cl.Cl. The Hall–Kier alpha value is -1.37. The summed E-state index contributed by atoms with van der Waals surface area (Å²) < 4.78 is 6.39. The van der Waals surface area contributed by atoms with Crippen LogP contribution in [0.15, 0.2) is 36.7 Å². The number of phenolic OH excluding ortho intramolecular Hbond substituents is 1. The third-order valence-corrected chi connectivity index (χ3v) is 6.14. The Labute approximate surface area is 185 Å². The van der Waals surface area contributed by atoms with Crippen molar-refractivity contribution in [1.82, 2.24) is 9.88 Å². The van der Waals surface area contributed by atoms with Crippen LogP contribution in [0.4, 0.5) is 0 Å². The van der Waals surface area contributed by atoms with Gasteiger partial charge in [0.15, 0.2) is 0 Å². The summed E-state index contributed by atoms with van der Waals surface area (Å²) in [5.74, 6) is 0.940. The van der Waals surface area contributed by atoms with E-state index in [2.05, 4.69) is 28.1 Å². The fourth-order valence-corrected chi connectivity index (χ4v) is 4.51. The fraction of sp³-hybridized carbons (Fsp3) is 0.500. The highest BCUT2D eigenvalue weighted by Gasteiger charge is 2.35. The fourth-order valence-electron chi connectivity index (χ4n) is 4.51. The summed E-state index contributed by atoms with van der Waals surface area (Å²) in [7, 11) is 0. The lowest BCUT2D eigenvalue weighted by Crippen LogP contribution is -2.41. The number of nitrogens with two attached hydrogens (primary N) is 1. The van der Waals surface area contributed by atoms with Gasteiger partial charge in [-0.15, -0.1) is 24.8 Å². The molecule has 0 unspecified atom stereocenters. The van der Waals surface area contributed by atoms with Crippen LogP contribution in [-0.4, -0.2) is 40.7 Å². The van der Waals surface area contributed by atoms with E-state index in [1.54, 1.807) is 0 Å². The van der Waals surface area contributed by atoms with E-state index in [1.807, 2.05) is 25.4 Å². The number of piperidine rings is 1. The molecular formula is C22H31Cl2N3O2. The molecule has 3 N–H and O–H groups in total. The first-order valence-electron chi connectivity index (χ1n) is 9.94. The summed E-state index contributed by atoms with van der Waals surface area (Å²) in [6.07, 6.45) is 6.77. The van der Waals surface area contributed by atoms with Crippen LogP contribution in [-0.2, 0) is 17.7 Å². The van der Waals surface area contributed by atoms with Gasteiger partial charge in [-0.1, -0.05) is 12.1 Å². The van der Waals surface area contributed by atoms with Gasteiger partial charge in [0.1, 0.15) is 5.75 Å². The molecule has 2 aromatic rings. The normalized spacial score (nSPS) is 22.3. The highest BCUT2D eigenvalue weighted by molar-refractivity contribution is 5.85. The Morgan fingerprint density at radius 3 is 2.48 bits per heavy atom. The van der Waals surface area contributed by atoms with Crippen LogP contribution in [0.1, 0.15) is 41.2 Å². The third kappa shape index (κ3) is 5.22. The molecule has 7 heteroatoms. The number of aromatic nitrogens is 1. The minimum atomic E-state index is -0.111. The number of hydrogen-bond acceptors (Lipinski definition) is 5. The molecule has 3 heterocycles. The average molecular weight is 440 g/mol. The maximum Gasteiger partial charge on any atom is 0.122 e. The van der Waals surface area contributed by atoms with Crippen LogP contribution >= 0.6 is 24.8 Å². The number of aromatic hydroxyl groups is 1. The molecule has 0 saturated carbocycles. The van der Waals surface area contributed by atoms with Crippen molar-refractivity contribution in [3.05, 3.63) is 58.9 Å². The standard InChI is InChI=1S/C22H29N3O2.2ClH/c1-15-2-3-18-19(22(15)26)12-20(27-21(18)13-23)17-6-10-25(11-7-17)14-16-4-8-24-9-5-16;;/h2-5,8-9,17,20-21,26H,6-7,10-14,23H2,1H3;2*1H/t20-,21-;;/m0../s1. The Balaban J connectivity index is 0.00000150. The topological polar surface area (TPSA) is 71.6 Å². The number of nitrogens with zero attached hydrogens (tertiary/aromatic N) is 2. The number of ether oxygens (including phenoxy) is 1. The number of benzene rings is 1. The lowest BCUT2D eigenvalue weighted by atomic mass is 9.83. The third-order valence-electron chi connectivity index (χ3n) is 6.14. The van der Waals surface area contributed by atoms with Gasteiger partial charge in [0.05, 0.1) is 12.2 Å². The highest BCUT2D eigenvalue weighted by atomic mass is 35.5. The predicted molar refractivity (Wildman–Crippen MR) is 120 cm³/mol. The van der Waals surface area contributed by atoms with Crippen LogP contribution in [0.3, 0.4) is 0 Å². The van der Waals surface area contributed by atoms with E-state index in [1.165, 1.54) is 5.56 Å². The molecule has 1 aromatic heterocycles. The largest absolute Gasteiger partial charge is 0.507 e. The van der Waals surface area contributed by atoms with Gasteiger partial charge < -0.3 is 15.6 Å². The summed E-state index contributed by atoms with van der Waals surface area (Å²) in [5.41, 5.74) is 10.3. The summed E-state index contributed by atoms with van der Waals surface area (Å²) >= 11 is 0. The molecule has 0 amide bonds. The van der Waals surface area contributed by atoms with Crippen LogP contribution in [0, 0.1) is 12.8 Å². The molecule has 0 aliphatic carbocycles. The second-order valence-corrected chi connectivity index (χ2v) is 7.87. The molecule has 2 atom stereocenters. The van der Waals surface area contributed by atoms with Gasteiger partial charge in [0, 0.05) is 37.5 Å². The zero-order valence-corrected chi connectivity index (χ0v) is 18.4. The first kappa shape index (κ1) is 23.9. The van der Waals surface area contributed by atoms with Gasteiger partial charge in [-0.05, 0) is 67.6 Å². The quantitative estimate of drug-likeness (QED) is 0.757. The molecular weight excluding hydrogens is 409 g/mol. The van der Waals surface area contributed by atoms with Crippen molar-refractivity contribution >= 4 is 24.8 Å². The van der Waals surface area contributed by atoms with Crippen molar-refractivity contribution in [2.75, 3.05) is 19.6 Å². The van der Waals surface area contributed by atoms with Crippen molar-refractivity contribution < 1.29 is 9.84 Å². The second kappa shape index (κ2) is 10.6. The summed E-state index contributed by atoms with van der Waals surface area (Å²) in [6, 6.07) is 8.20. The molecule has 2 aliphatic heterocycles. The van der Waals surface area contributed by atoms with Gasteiger partial charge in [0.25, 0.3) is 0 Å². The molecule has 1 aromatic carbocycles. The first-order chi connectivity index (χ1) is 13.2. The zero-order valence-electron chi connectivity index (χ0n) is 16.8. The van der Waals surface area contributed by atoms with Gasteiger partial charge in [0.2, 0.25) is 0 Å². The van der Waals surface area contributed by atoms with E-state index >= 15 is 0 Å². The minimum Gasteiger partial charge on any atom is -0.507 e. The van der Waals surface area contributed by atoms with Crippen molar-refractivity contribution in [2.24, 2.45) is 11.7 Å². The molecule has 0 bridgehead atoms. The molecule has 1 fully saturated rings. The second-order valence-electron chi connectivity index (χ2n) is 7.87. The van der Waals surface area contributed by atoms with Crippen molar-refractivity contribution in [3.63, 3.8) is 0 Å². The van der Waals surface area contributed by atoms with E-state index in [9.17, 15) is 5.11 Å². The van der Waals surface area contributed by atoms with Gasteiger partial charge in [-0.25, -0.2) is 0 Å². The maximum atomic E-state index is 10.6. The minimum absolute atomic E-state index is 0. The maximum absolute atomic E-state index is 10.6. The molecule has 2 aliphatic rings. The average Bonchev–Trinajstić information content (AvgIpc) is 2.71. The number of rotatable bonds is 4. The van der Waals surface area contributed by atoms with Crippen LogP contribution in [0.2, 0.25) is 0 Å². The molecule has 29 heavy (non-hydrogen) atoms. The smallest absolute Gasteiger partial charge is 0.122 e. The lowest BCUT2D eigenvalue weighted by Gasteiger charge is -2.40.